The van der Waals surface area contributed by atoms with Crippen LogP contribution in [-0.2, 0) is 9.53 Å². The van der Waals surface area contributed by atoms with Crippen molar-refractivity contribution in [3.05, 3.63) is 30.5 Å². The largest absolute Gasteiger partial charge is 0.496 e. The summed E-state index contributed by atoms with van der Waals surface area (Å²) < 4.78 is 10.6. The van der Waals surface area contributed by atoms with Gasteiger partial charge in [-0.1, -0.05) is 12.1 Å². The molecule has 0 amide bonds. The van der Waals surface area contributed by atoms with E-state index in [-0.39, 0.29) is 6.61 Å². The molecule has 21 heavy (non-hydrogen) atoms. The third-order valence-corrected chi connectivity index (χ3v) is 3.65. The van der Waals surface area contributed by atoms with Crippen LogP contribution >= 0.6 is 0 Å². The normalized spacial score (nSPS) is 18.7. The number of rotatable bonds is 3. The number of nitrogens with zero attached hydrogens (tertiary/aromatic N) is 2. The van der Waals surface area contributed by atoms with Gasteiger partial charge in [-0.05, 0) is 12.1 Å². The molecular weight excluding hydrogens is 272 g/mol. The van der Waals surface area contributed by atoms with Gasteiger partial charge in [-0.2, -0.15) is 0 Å². The maximum absolute atomic E-state index is 11.4. The Kier molecular flexibility index (Phi) is 3.62. The molecule has 6 heteroatoms. The quantitative estimate of drug-likeness (QED) is 0.923. The molecule has 1 atom stereocenters. The average molecular weight is 288 g/mol. The van der Waals surface area contributed by atoms with Crippen molar-refractivity contribution in [2.75, 3.05) is 31.8 Å². The zero-order chi connectivity index (χ0) is 14.8. The molecule has 3 rings (SSSR count). The highest BCUT2D eigenvalue weighted by Gasteiger charge is 2.31. The molecule has 0 bridgehead atoms. The van der Waals surface area contributed by atoms with E-state index in [2.05, 4.69) is 4.98 Å². The van der Waals surface area contributed by atoms with Crippen LogP contribution in [0.1, 0.15) is 0 Å². The Morgan fingerprint density at radius 1 is 1.43 bits per heavy atom. The summed E-state index contributed by atoms with van der Waals surface area (Å²) in [5, 5.41) is 11.2. The zero-order valence-electron chi connectivity index (χ0n) is 11.7. The van der Waals surface area contributed by atoms with Crippen molar-refractivity contribution in [1.29, 1.82) is 0 Å². The molecule has 0 spiro atoms. The van der Waals surface area contributed by atoms with Gasteiger partial charge >= 0.3 is 5.97 Å². The molecular formula is C15H16N2O4. The van der Waals surface area contributed by atoms with E-state index in [0.29, 0.717) is 19.0 Å². The Bertz CT molecular complexity index is 674. The number of fused-ring (bicyclic) bond motifs is 1. The number of methoxy groups -OCH3 is 1. The maximum atomic E-state index is 11.4. The predicted molar refractivity (Wildman–Crippen MR) is 77.9 cm³/mol. The monoisotopic (exact) mass is 288 g/mol. The number of carbonyl (C=O) groups is 1. The first-order valence-corrected chi connectivity index (χ1v) is 6.71. The van der Waals surface area contributed by atoms with Gasteiger partial charge < -0.3 is 19.5 Å². The van der Waals surface area contributed by atoms with Crippen LogP contribution < -0.4 is 9.64 Å². The summed E-state index contributed by atoms with van der Waals surface area (Å²) >= 11 is 0. The highest BCUT2D eigenvalue weighted by atomic mass is 16.5. The molecule has 1 N–H and O–H groups in total. The molecule has 1 saturated heterocycles. The van der Waals surface area contributed by atoms with E-state index in [4.69, 9.17) is 9.47 Å². The van der Waals surface area contributed by atoms with Crippen molar-refractivity contribution >= 4 is 22.6 Å². The highest BCUT2D eigenvalue weighted by Crippen LogP contribution is 2.32. The second kappa shape index (κ2) is 5.57. The van der Waals surface area contributed by atoms with Crippen LogP contribution in [0.2, 0.25) is 0 Å². The van der Waals surface area contributed by atoms with Gasteiger partial charge in [0.25, 0.3) is 0 Å². The minimum atomic E-state index is -0.906. The molecule has 1 aromatic carbocycles. The Morgan fingerprint density at radius 3 is 3.05 bits per heavy atom. The van der Waals surface area contributed by atoms with E-state index in [9.17, 15) is 9.90 Å². The van der Waals surface area contributed by atoms with Crippen LogP contribution in [0.3, 0.4) is 0 Å². The number of hydrogen-bond acceptors (Lipinski definition) is 5. The number of carboxylic acids is 1. The van der Waals surface area contributed by atoms with Gasteiger partial charge in [0.15, 0.2) is 6.04 Å². The van der Waals surface area contributed by atoms with Gasteiger partial charge in [-0.15, -0.1) is 0 Å². The van der Waals surface area contributed by atoms with Crippen LogP contribution in [0.4, 0.5) is 5.82 Å². The van der Waals surface area contributed by atoms with Gasteiger partial charge in [0.2, 0.25) is 0 Å². The van der Waals surface area contributed by atoms with Crippen LogP contribution in [0, 0.1) is 0 Å². The van der Waals surface area contributed by atoms with Crippen molar-refractivity contribution in [3.63, 3.8) is 0 Å². The summed E-state index contributed by atoms with van der Waals surface area (Å²) in [7, 11) is 1.61. The summed E-state index contributed by atoms with van der Waals surface area (Å²) in [5.41, 5.74) is 0. The number of benzene rings is 1. The van der Waals surface area contributed by atoms with Crippen LogP contribution in [0.5, 0.6) is 5.75 Å². The van der Waals surface area contributed by atoms with Crippen molar-refractivity contribution < 1.29 is 19.4 Å². The fourth-order valence-corrected chi connectivity index (χ4v) is 2.63. The molecule has 0 aliphatic carbocycles. The molecule has 1 aromatic heterocycles. The number of hydrogen-bond donors (Lipinski definition) is 1. The second-order valence-corrected chi connectivity index (χ2v) is 4.81. The Labute approximate surface area is 121 Å². The van der Waals surface area contributed by atoms with E-state index in [1.807, 2.05) is 24.3 Å². The number of anilines is 1. The minimum absolute atomic E-state index is 0.164. The number of ether oxygens (including phenoxy) is 2. The smallest absolute Gasteiger partial charge is 0.328 e. The Morgan fingerprint density at radius 2 is 2.29 bits per heavy atom. The first-order valence-electron chi connectivity index (χ1n) is 6.71. The molecule has 1 aliphatic heterocycles. The van der Waals surface area contributed by atoms with E-state index in [0.717, 1.165) is 16.5 Å². The van der Waals surface area contributed by atoms with Gasteiger partial charge in [0.05, 0.1) is 20.3 Å². The van der Waals surface area contributed by atoms with Gasteiger partial charge in [-0.25, -0.2) is 9.78 Å². The van der Waals surface area contributed by atoms with Gasteiger partial charge in [0, 0.05) is 23.5 Å². The summed E-state index contributed by atoms with van der Waals surface area (Å²) in [6.07, 6.45) is 1.68. The molecule has 6 nitrogen and oxygen atoms in total. The second-order valence-electron chi connectivity index (χ2n) is 4.81. The van der Waals surface area contributed by atoms with E-state index >= 15 is 0 Å². The molecule has 0 radical (unpaired) electrons. The van der Waals surface area contributed by atoms with Crippen molar-refractivity contribution in [2.24, 2.45) is 0 Å². The summed E-state index contributed by atoms with van der Waals surface area (Å²) in [6, 6.07) is 6.83. The standard InChI is InChI=1S/C15H16N2O4/c1-20-13-4-2-3-11-10(13)5-6-16-14(11)17-7-8-21-9-12(17)15(18)19/h2-6,12H,7-9H2,1H3,(H,18,19). The van der Waals surface area contributed by atoms with Gasteiger partial charge in [-0.3, -0.25) is 0 Å². The summed E-state index contributed by atoms with van der Waals surface area (Å²) in [4.78, 5) is 17.6. The lowest BCUT2D eigenvalue weighted by molar-refractivity contribution is -0.141. The minimum Gasteiger partial charge on any atom is -0.496 e. The Hall–Kier alpha value is -2.34. The molecule has 2 aromatic rings. The van der Waals surface area contributed by atoms with Crippen molar-refractivity contribution in [3.8, 4) is 5.75 Å². The highest BCUT2D eigenvalue weighted by molar-refractivity contribution is 5.97. The van der Waals surface area contributed by atoms with Crippen LogP contribution in [-0.4, -0.2) is 49.0 Å². The Balaban J connectivity index is 2.13. The molecule has 0 saturated carbocycles. The molecule has 1 unspecified atom stereocenters. The first kappa shape index (κ1) is 13.6. The van der Waals surface area contributed by atoms with Crippen molar-refractivity contribution in [1.82, 2.24) is 4.98 Å². The SMILES string of the molecule is COc1cccc2c(N3CCOCC3C(=O)O)nccc12. The fourth-order valence-electron chi connectivity index (χ4n) is 2.63. The number of aromatic nitrogens is 1. The third kappa shape index (κ3) is 2.38. The lowest BCUT2D eigenvalue weighted by Gasteiger charge is -2.34. The summed E-state index contributed by atoms with van der Waals surface area (Å²) in [5.74, 6) is 0.495. The number of pyridine rings is 1. The topological polar surface area (TPSA) is 71.9 Å². The van der Waals surface area contributed by atoms with E-state index < -0.39 is 12.0 Å². The molecule has 110 valence electrons. The van der Waals surface area contributed by atoms with E-state index in [1.54, 1.807) is 18.2 Å². The maximum Gasteiger partial charge on any atom is 0.328 e. The lowest BCUT2D eigenvalue weighted by Crippen LogP contribution is -2.50. The average Bonchev–Trinajstić information content (AvgIpc) is 2.53. The number of carboxylic acid groups (broad SMARTS) is 1. The number of aliphatic carboxylic acids is 1. The predicted octanol–water partition coefficient (Wildman–Crippen LogP) is 1.53. The van der Waals surface area contributed by atoms with Crippen LogP contribution in [0.25, 0.3) is 10.8 Å². The lowest BCUT2D eigenvalue weighted by atomic mass is 10.1. The molecule has 1 fully saturated rings. The van der Waals surface area contributed by atoms with Crippen LogP contribution in [0.15, 0.2) is 30.5 Å². The number of morpholine rings is 1. The van der Waals surface area contributed by atoms with Gasteiger partial charge in [0.1, 0.15) is 11.6 Å². The summed E-state index contributed by atoms with van der Waals surface area (Å²) in [6.45, 7) is 1.16. The molecule has 1 aliphatic rings. The molecule has 2 heterocycles. The first-order chi connectivity index (χ1) is 10.2. The fraction of sp³-hybridized carbons (Fsp3) is 0.333. The third-order valence-electron chi connectivity index (χ3n) is 3.65. The van der Waals surface area contributed by atoms with Crippen molar-refractivity contribution in [2.45, 2.75) is 6.04 Å². The zero-order valence-corrected chi connectivity index (χ0v) is 11.7. The van der Waals surface area contributed by atoms with E-state index in [1.165, 1.54) is 0 Å².